The van der Waals surface area contributed by atoms with Crippen molar-refractivity contribution in [3.63, 3.8) is 0 Å². The molecule has 202 valence electrons. The first-order chi connectivity index (χ1) is 17.8. The highest BCUT2D eigenvalue weighted by atomic mass is 32.2. The Kier molecular flexibility index (Phi) is 7.35. The van der Waals surface area contributed by atoms with Crippen molar-refractivity contribution in [2.45, 2.75) is 36.1 Å². The molecule has 0 radical (unpaired) electrons. The predicted octanol–water partition coefficient (Wildman–Crippen LogP) is 4.83. The second kappa shape index (κ2) is 10.2. The van der Waals surface area contributed by atoms with Crippen LogP contribution in [0.2, 0.25) is 0 Å². The number of alkyl halides is 3. The standard InChI is InChI=1S/C25H20F5NO6S/c26-16-5-7-20(27)19(12-16)14-4-9-23-21(10-14)31(13-17(37-23)6-8-22(32)24(33)34)38(35,36)18-3-1-2-15(11-18)25(28,29)30/h1-5,7,9-12,17,22,32H,6,8,13H2,(H,33,34)/t17-,22-/m0/s1. The van der Waals surface area contributed by atoms with Crippen LogP contribution in [0.15, 0.2) is 65.6 Å². The molecule has 0 bridgehead atoms. The third kappa shape index (κ3) is 5.58. The molecule has 3 aromatic rings. The van der Waals surface area contributed by atoms with Crippen LogP contribution in [0.25, 0.3) is 11.1 Å². The molecule has 0 aliphatic carbocycles. The summed E-state index contributed by atoms with van der Waals surface area (Å²) in [5, 5.41) is 18.5. The number of rotatable bonds is 7. The third-order valence-electron chi connectivity index (χ3n) is 5.93. The average Bonchev–Trinajstić information content (AvgIpc) is 2.87. The number of hydrogen-bond acceptors (Lipinski definition) is 5. The van der Waals surface area contributed by atoms with Gasteiger partial charge in [0, 0.05) is 5.56 Å². The van der Waals surface area contributed by atoms with Crippen LogP contribution in [0, 0.1) is 11.6 Å². The summed E-state index contributed by atoms with van der Waals surface area (Å²) in [5.41, 5.74) is -1.44. The molecule has 38 heavy (non-hydrogen) atoms. The minimum Gasteiger partial charge on any atom is -0.486 e. The van der Waals surface area contributed by atoms with E-state index in [1.54, 1.807) is 0 Å². The van der Waals surface area contributed by atoms with Crippen LogP contribution in [0.5, 0.6) is 5.75 Å². The number of ether oxygens (including phenoxy) is 1. The van der Waals surface area contributed by atoms with Crippen LogP contribution < -0.4 is 9.04 Å². The fourth-order valence-corrected chi connectivity index (χ4v) is 5.55. The Bertz CT molecular complexity index is 1480. The summed E-state index contributed by atoms with van der Waals surface area (Å²) in [4.78, 5) is 10.3. The predicted molar refractivity (Wildman–Crippen MR) is 125 cm³/mol. The maximum atomic E-state index is 14.4. The summed E-state index contributed by atoms with van der Waals surface area (Å²) in [6, 6.07) is 9.67. The average molecular weight is 557 g/mol. The second-order valence-corrected chi connectivity index (χ2v) is 10.4. The number of hydrogen-bond donors (Lipinski definition) is 2. The Hall–Kier alpha value is -3.71. The van der Waals surface area contributed by atoms with E-state index in [1.165, 1.54) is 18.2 Å². The number of carbonyl (C=O) groups is 1. The quantitative estimate of drug-likeness (QED) is 0.404. The number of sulfonamides is 1. The number of aliphatic hydroxyl groups is 1. The van der Waals surface area contributed by atoms with Crippen LogP contribution in [-0.4, -0.2) is 43.4 Å². The molecule has 1 aliphatic heterocycles. The van der Waals surface area contributed by atoms with Crippen molar-refractivity contribution in [3.05, 3.63) is 77.9 Å². The fraction of sp³-hybridized carbons (Fsp3) is 0.240. The monoisotopic (exact) mass is 557 g/mol. The number of benzene rings is 3. The molecule has 0 unspecified atom stereocenters. The molecule has 0 spiro atoms. The number of carboxylic acid groups (broad SMARTS) is 1. The molecule has 2 atom stereocenters. The molecule has 13 heteroatoms. The minimum atomic E-state index is -4.81. The van der Waals surface area contributed by atoms with Gasteiger partial charge >= 0.3 is 12.1 Å². The lowest BCUT2D eigenvalue weighted by Gasteiger charge is -2.36. The van der Waals surface area contributed by atoms with Gasteiger partial charge in [-0.2, -0.15) is 13.2 Å². The lowest BCUT2D eigenvalue weighted by Crippen LogP contribution is -2.44. The van der Waals surface area contributed by atoms with E-state index in [-0.39, 0.29) is 35.4 Å². The Balaban J connectivity index is 1.80. The minimum absolute atomic E-state index is 0.0397. The number of halogens is 5. The van der Waals surface area contributed by atoms with Crippen molar-refractivity contribution in [1.82, 2.24) is 0 Å². The second-order valence-electron chi connectivity index (χ2n) is 8.54. The lowest BCUT2D eigenvalue weighted by atomic mass is 10.0. The van der Waals surface area contributed by atoms with Crippen molar-refractivity contribution in [1.29, 1.82) is 0 Å². The van der Waals surface area contributed by atoms with E-state index in [9.17, 15) is 40.3 Å². The summed E-state index contributed by atoms with van der Waals surface area (Å²) in [7, 11) is -4.66. The topological polar surface area (TPSA) is 104 Å². The highest BCUT2D eigenvalue weighted by Gasteiger charge is 2.37. The smallest absolute Gasteiger partial charge is 0.416 e. The van der Waals surface area contributed by atoms with Gasteiger partial charge in [0.25, 0.3) is 10.0 Å². The normalized spacial score (nSPS) is 16.5. The number of aliphatic hydroxyl groups excluding tert-OH is 1. The van der Waals surface area contributed by atoms with Gasteiger partial charge in [0.15, 0.2) is 6.10 Å². The highest BCUT2D eigenvalue weighted by molar-refractivity contribution is 7.92. The first kappa shape index (κ1) is 27.3. The molecule has 1 heterocycles. The van der Waals surface area contributed by atoms with Gasteiger partial charge in [-0.1, -0.05) is 12.1 Å². The summed E-state index contributed by atoms with van der Waals surface area (Å²) in [6.07, 6.45) is -7.94. The SMILES string of the molecule is O=C(O)[C@@H](O)CC[C@H]1CN(S(=O)(=O)c2cccc(C(F)(F)F)c2)c2cc(-c3cc(F)ccc3F)ccc2O1. The van der Waals surface area contributed by atoms with Gasteiger partial charge in [-0.15, -0.1) is 0 Å². The first-order valence-electron chi connectivity index (χ1n) is 11.1. The third-order valence-corrected chi connectivity index (χ3v) is 7.70. The molecular weight excluding hydrogens is 537 g/mol. The number of nitrogens with zero attached hydrogens (tertiary/aromatic N) is 1. The zero-order valence-electron chi connectivity index (χ0n) is 19.3. The Labute approximate surface area is 213 Å². The van der Waals surface area contributed by atoms with E-state index in [1.807, 2.05) is 0 Å². The van der Waals surface area contributed by atoms with Crippen molar-refractivity contribution in [3.8, 4) is 16.9 Å². The Morgan fingerprint density at radius 1 is 1.08 bits per heavy atom. The van der Waals surface area contributed by atoms with E-state index in [0.717, 1.165) is 34.6 Å². The Morgan fingerprint density at radius 3 is 2.50 bits per heavy atom. The van der Waals surface area contributed by atoms with Gasteiger partial charge in [-0.05, 0) is 66.9 Å². The molecule has 3 aromatic carbocycles. The molecule has 0 saturated heterocycles. The summed E-state index contributed by atoms with van der Waals surface area (Å²) < 4.78 is 102. The maximum absolute atomic E-state index is 14.4. The molecular formula is C25H20F5NO6S. The molecule has 4 rings (SSSR count). The van der Waals surface area contributed by atoms with Crippen molar-refractivity contribution >= 4 is 21.7 Å². The molecule has 7 nitrogen and oxygen atoms in total. The lowest BCUT2D eigenvalue weighted by molar-refractivity contribution is -0.147. The summed E-state index contributed by atoms with van der Waals surface area (Å²) in [5.74, 6) is -3.07. The van der Waals surface area contributed by atoms with E-state index in [2.05, 4.69) is 0 Å². The zero-order chi connectivity index (χ0) is 27.8. The molecule has 0 saturated carbocycles. The van der Waals surface area contributed by atoms with Gasteiger partial charge in [-0.25, -0.2) is 22.0 Å². The largest absolute Gasteiger partial charge is 0.486 e. The van der Waals surface area contributed by atoms with E-state index in [4.69, 9.17) is 9.84 Å². The van der Waals surface area contributed by atoms with Crippen molar-refractivity contribution < 1.29 is 50.1 Å². The Morgan fingerprint density at radius 2 is 1.82 bits per heavy atom. The molecule has 0 amide bonds. The van der Waals surface area contributed by atoms with Crippen LogP contribution in [0.3, 0.4) is 0 Å². The number of fused-ring (bicyclic) bond motifs is 1. The summed E-state index contributed by atoms with van der Waals surface area (Å²) >= 11 is 0. The van der Waals surface area contributed by atoms with Gasteiger partial charge in [0.2, 0.25) is 0 Å². The summed E-state index contributed by atoms with van der Waals surface area (Å²) in [6.45, 7) is -0.451. The zero-order valence-corrected chi connectivity index (χ0v) is 20.1. The first-order valence-corrected chi connectivity index (χ1v) is 12.6. The number of anilines is 1. The molecule has 2 N–H and O–H groups in total. The molecule has 1 aliphatic rings. The van der Waals surface area contributed by atoms with Crippen LogP contribution in [-0.2, 0) is 21.0 Å². The fourth-order valence-electron chi connectivity index (χ4n) is 4.00. The van der Waals surface area contributed by atoms with E-state index < -0.39 is 63.0 Å². The molecule has 0 aromatic heterocycles. The van der Waals surface area contributed by atoms with Crippen LogP contribution >= 0.6 is 0 Å². The van der Waals surface area contributed by atoms with Crippen LogP contribution in [0.4, 0.5) is 27.6 Å². The van der Waals surface area contributed by atoms with Crippen LogP contribution in [0.1, 0.15) is 18.4 Å². The number of aliphatic carboxylic acids is 1. The molecule has 0 fully saturated rings. The van der Waals surface area contributed by atoms with Crippen molar-refractivity contribution in [2.24, 2.45) is 0 Å². The van der Waals surface area contributed by atoms with Gasteiger partial charge in [0.1, 0.15) is 23.5 Å². The van der Waals surface area contributed by atoms with Gasteiger partial charge < -0.3 is 14.9 Å². The highest BCUT2D eigenvalue weighted by Crippen LogP contribution is 2.41. The van der Waals surface area contributed by atoms with E-state index in [0.29, 0.717) is 12.1 Å². The van der Waals surface area contributed by atoms with Gasteiger partial charge in [-0.3, -0.25) is 4.31 Å². The van der Waals surface area contributed by atoms with Gasteiger partial charge in [0.05, 0.1) is 22.7 Å². The number of carboxylic acids is 1. The maximum Gasteiger partial charge on any atom is 0.416 e. The van der Waals surface area contributed by atoms with Crippen molar-refractivity contribution in [2.75, 3.05) is 10.8 Å². The van der Waals surface area contributed by atoms with E-state index >= 15 is 0 Å².